The van der Waals surface area contributed by atoms with Gasteiger partial charge >= 0.3 is 0 Å². The Morgan fingerprint density at radius 2 is 2.28 bits per heavy atom. The maximum atomic E-state index is 13.1. The molecule has 1 fully saturated rings. The number of hydrogen-bond acceptors (Lipinski definition) is 6. The first-order valence-electron chi connectivity index (χ1n) is 8.05. The quantitative estimate of drug-likeness (QED) is 0.744. The Hall–Kier alpha value is -2.45. The van der Waals surface area contributed by atoms with Gasteiger partial charge in [-0.05, 0) is 25.6 Å². The van der Waals surface area contributed by atoms with Crippen molar-refractivity contribution in [1.82, 2.24) is 25.2 Å². The van der Waals surface area contributed by atoms with Crippen LogP contribution in [0.25, 0.3) is 0 Å². The van der Waals surface area contributed by atoms with Gasteiger partial charge in [-0.15, -0.1) is 0 Å². The molecule has 9 heteroatoms. The minimum atomic E-state index is -0.749. The van der Waals surface area contributed by atoms with E-state index in [9.17, 15) is 9.59 Å². The molecule has 0 radical (unpaired) electrons. The van der Waals surface area contributed by atoms with Crippen molar-refractivity contribution in [2.75, 3.05) is 11.9 Å². The lowest BCUT2D eigenvalue weighted by molar-refractivity contribution is 0.0863. The van der Waals surface area contributed by atoms with Crippen LogP contribution in [0.3, 0.4) is 0 Å². The van der Waals surface area contributed by atoms with Crippen LogP contribution in [0, 0.1) is 0 Å². The third-order valence-corrected chi connectivity index (χ3v) is 4.95. The van der Waals surface area contributed by atoms with Crippen molar-refractivity contribution in [3.8, 4) is 0 Å². The van der Waals surface area contributed by atoms with Crippen LogP contribution < -0.4 is 21.5 Å². The van der Waals surface area contributed by atoms with E-state index in [0.717, 1.165) is 0 Å². The number of carbonyl (C=O) groups excluding carboxylic acids is 1. The average Bonchev–Trinajstić information content (AvgIpc) is 2.85. The lowest BCUT2D eigenvalue weighted by Gasteiger charge is -2.38. The minimum absolute atomic E-state index is 0.171. The van der Waals surface area contributed by atoms with E-state index < -0.39 is 5.66 Å². The Morgan fingerprint density at radius 3 is 3.00 bits per heavy atom. The first kappa shape index (κ1) is 16.0. The molecule has 2 atom stereocenters. The molecule has 1 saturated heterocycles. The summed E-state index contributed by atoms with van der Waals surface area (Å²) in [5, 5.41) is 9.52. The van der Waals surface area contributed by atoms with Gasteiger partial charge in [0.2, 0.25) is 0 Å². The highest BCUT2D eigenvalue weighted by Gasteiger charge is 2.47. The molecule has 2 aliphatic heterocycles. The predicted molar refractivity (Wildman–Crippen MR) is 93.2 cm³/mol. The van der Waals surface area contributed by atoms with Crippen LogP contribution in [0.4, 0.5) is 11.5 Å². The number of amides is 1. The Bertz CT molecular complexity index is 899. The molecular formula is C16H17ClN6O2. The third-order valence-electron chi connectivity index (χ3n) is 4.66. The van der Waals surface area contributed by atoms with Crippen LogP contribution in [-0.2, 0) is 5.66 Å². The van der Waals surface area contributed by atoms with Crippen molar-refractivity contribution >= 4 is 29.0 Å². The SMILES string of the molecule is C[C@@H]1CC2(CCN1)NC(=O)c1c(Cl)cc(Nc3ccncn3)c(=O)n12. The number of aromatic nitrogens is 3. The summed E-state index contributed by atoms with van der Waals surface area (Å²) in [6, 6.07) is 3.29. The summed E-state index contributed by atoms with van der Waals surface area (Å²) in [5.74, 6) is 0.165. The molecule has 8 nitrogen and oxygen atoms in total. The Kier molecular flexibility index (Phi) is 3.73. The molecular weight excluding hydrogens is 344 g/mol. The normalized spacial score (nSPS) is 24.9. The second-order valence-electron chi connectivity index (χ2n) is 6.41. The van der Waals surface area contributed by atoms with Crippen LogP contribution in [-0.4, -0.2) is 33.0 Å². The first-order chi connectivity index (χ1) is 12.0. The number of nitrogens with zero attached hydrogens (tertiary/aromatic N) is 3. The fourth-order valence-electron chi connectivity index (χ4n) is 3.65. The van der Waals surface area contributed by atoms with Crippen LogP contribution in [0.15, 0.2) is 29.5 Å². The molecule has 1 amide bonds. The van der Waals surface area contributed by atoms with Gasteiger partial charge in [-0.2, -0.15) is 0 Å². The minimum Gasteiger partial charge on any atom is -0.336 e. The first-order valence-corrected chi connectivity index (χ1v) is 8.43. The van der Waals surface area contributed by atoms with Gasteiger partial charge in [-0.3, -0.25) is 14.2 Å². The molecule has 2 aliphatic rings. The van der Waals surface area contributed by atoms with Gasteiger partial charge in [0.25, 0.3) is 11.5 Å². The zero-order chi connectivity index (χ0) is 17.6. The van der Waals surface area contributed by atoms with Crippen molar-refractivity contribution in [3.05, 3.63) is 45.7 Å². The topological polar surface area (TPSA) is 101 Å². The fourth-order valence-corrected chi connectivity index (χ4v) is 3.92. The van der Waals surface area contributed by atoms with E-state index in [1.165, 1.54) is 17.0 Å². The molecule has 0 saturated carbocycles. The van der Waals surface area contributed by atoms with E-state index in [1.807, 2.05) is 6.92 Å². The zero-order valence-corrected chi connectivity index (χ0v) is 14.3. The maximum Gasteiger partial charge on any atom is 0.276 e. The van der Waals surface area contributed by atoms with Crippen molar-refractivity contribution in [2.24, 2.45) is 0 Å². The largest absolute Gasteiger partial charge is 0.336 e. The standard InChI is InChI=1S/C16H17ClN6O2/c1-9-7-16(3-5-19-9)22-14(24)13-10(17)6-11(15(25)23(13)16)21-12-2-4-18-8-20-12/h2,4,6,8-9,19H,3,5,7H2,1H3,(H,22,24)(H,18,20,21)/t9-,16?/m1/s1. The maximum absolute atomic E-state index is 13.1. The van der Waals surface area contributed by atoms with E-state index in [1.54, 1.807) is 12.3 Å². The molecule has 2 aromatic rings. The monoisotopic (exact) mass is 360 g/mol. The van der Waals surface area contributed by atoms with Crippen molar-refractivity contribution < 1.29 is 4.79 Å². The smallest absolute Gasteiger partial charge is 0.276 e. The summed E-state index contributed by atoms with van der Waals surface area (Å²) in [6.45, 7) is 2.73. The highest BCUT2D eigenvalue weighted by molar-refractivity contribution is 6.34. The van der Waals surface area contributed by atoms with Gasteiger partial charge in [-0.25, -0.2) is 9.97 Å². The number of rotatable bonds is 2. The zero-order valence-electron chi connectivity index (χ0n) is 13.5. The molecule has 0 aromatic carbocycles. The molecule has 2 aromatic heterocycles. The Morgan fingerprint density at radius 1 is 1.44 bits per heavy atom. The average molecular weight is 361 g/mol. The second kappa shape index (κ2) is 5.82. The fraction of sp³-hybridized carbons (Fsp3) is 0.375. The number of pyridine rings is 1. The number of halogens is 1. The molecule has 4 rings (SSSR count). The number of nitrogens with one attached hydrogen (secondary N) is 3. The van der Waals surface area contributed by atoms with E-state index in [4.69, 9.17) is 11.6 Å². The number of piperidine rings is 1. The van der Waals surface area contributed by atoms with Gasteiger partial charge in [-0.1, -0.05) is 11.6 Å². The molecule has 130 valence electrons. The van der Waals surface area contributed by atoms with Gasteiger partial charge in [0.05, 0.1) is 5.02 Å². The summed E-state index contributed by atoms with van der Waals surface area (Å²) >= 11 is 6.34. The van der Waals surface area contributed by atoms with Crippen LogP contribution >= 0.6 is 11.6 Å². The molecule has 25 heavy (non-hydrogen) atoms. The van der Waals surface area contributed by atoms with E-state index in [2.05, 4.69) is 25.9 Å². The number of carbonyl (C=O) groups is 1. The summed E-state index contributed by atoms with van der Waals surface area (Å²) in [6.07, 6.45) is 4.18. The third kappa shape index (κ3) is 2.58. The van der Waals surface area contributed by atoms with E-state index >= 15 is 0 Å². The number of fused-ring (bicyclic) bond motifs is 2. The van der Waals surface area contributed by atoms with Crippen LogP contribution in [0.5, 0.6) is 0 Å². The molecule has 0 bridgehead atoms. The molecule has 0 aliphatic carbocycles. The lowest BCUT2D eigenvalue weighted by Crippen LogP contribution is -2.56. The summed E-state index contributed by atoms with van der Waals surface area (Å²) in [7, 11) is 0. The Balaban J connectivity index is 1.85. The van der Waals surface area contributed by atoms with Crippen LogP contribution in [0.2, 0.25) is 5.02 Å². The van der Waals surface area contributed by atoms with Crippen LogP contribution in [0.1, 0.15) is 30.3 Å². The Labute approximate surface area is 148 Å². The highest BCUT2D eigenvalue weighted by atomic mass is 35.5. The summed E-state index contributed by atoms with van der Waals surface area (Å²) in [4.78, 5) is 33.5. The van der Waals surface area contributed by atoms with Gasteiger partial charge < -0.3 is 16.0 Å². The van der Waals surface area contributed by atoms with E-state index in [-0.39, 0.29) is 33.9 Å². The molecule has 3 N–H and O–H groups in total. The van der Waals surface area contributed by atoms with Gasteiger partial charge in [0, 0.05) is 25.1 Å². The van der Waals surface area contributed by atoms with Crippen molar-refractivity contribution in [2.45, 2.75) is 31.5 Å². The van der Waals surface area contributed by atoms with Crippen molar-refractivity contribution in [3.63, 3.8) is 0 Å². The highest BCUT2D eigenvalue weighted by Crippen LogP contribution is 2.35. The number of hydrogen-bond donors (Lipinski definition) is 3. The summed E-state index contributed by atoms with van der Waals surface area (Å²) in [5.41, 5.74) is -0.560. The molecule has 1 spiro atoms. The van der Waals surface area contributed by atoms with Gasteiger partial charge in [0.15, 0.2) is 0 Å². The number of anilines is 2. The predicted octanol–water partition coefficient (Wildman–Crippen LogP) is 1.20. The summed E-state index contributed by atoms with van der Waals surface area (Å²) < 4.78 is 1.51. The second-order valence-corrected chi connectivity index (χ2v) is 6.82. The van der Waals surface area contributed by atoms with E-state index in [0.29, 0.717) is 25.2 Å². The van der Waals surface area contributed by atoms with Crippen molar-refractivity contribution in [1.29, 1.82) is 0 Å². The molecule has 1 unspecified atom stereocenters. The molecule has 4 heterocycles. The van der Waals surface area contributed by atoms with Gasteiger partial charge in [0.1, 0.15) is 29.2 Å². The lowest BCUT2D eigenvalue weighted by atomic mass is 9.93.